The van der Waals surface area contributed by atoms with Gasteiger partial charge in [-0.15, -0.1) is 11.3 Å². The minimum atomic E-state index is -4.39. The smallest absolute Gasteiger partial charge is 0.389 e. The van der Waals surface area contributed by atoms with Crippen LogP contribution in [0.3, 0.4) is 0 Å². The lowest BCUT2D eigenvalue weighted by molar-refractivity contribution is -0.139. The zero-order chi connectivity index (χ0) is 29.9. The molecule has 1 unspecified atom stereocenters. The van der Waals surface area contributed by atoms with Crippen molar-refractivity contribution in [1.82, 2.24) is 5.32 Å². The van der Waals surface area contributed by atoms with E-state index >= 15 is 0 Å². The van der Waals surface area contributed by atoms with Crippen LogP contribution in [0.2, 0.25) is 0 Å². The topological polar surface area (TPSA) is 92.7 Å². The van der Waals surface area contributed by atoms with Gasteiger partial charge in [-0.1, -0.05) is 45.0 Å². The van der Waals surface area contributed by atoms with Gasteiger partial charge in [0.25, 0.3) is 16.0 Å². The number of carbonyl (C=O) groups is 1. The zero-order valence-electron chi connectivity index (χ0n) is 23.1. The quantitative estimate of drug-likeness (QED) is 0.238. The van der Waals surface area contributed by atoms with Crippen molar-refractivity contribution in [3.63, 3.8) is 0 Å². The van der Waals surface area contributed by atoms with E-state index in [0.29, 0.717) is 10.6 Å². The molecule has 0 saturated heterocycles. The largest absolute Gasteiger partial charge is 0.485 e. The molecule has 1 atom stereocenters. The molecule has 0 saturated carbocycles. The highest BCUT2D eigenvalue weighted by molar-refractivity contribution is 7.85. The molecule has 0 aliphatic heterocycles. The molecule has 0 radical (unpaired) electrons. The number of nitrogens with one attached hydrogen (secondary N) is 1. The Hall–Kier alpha value is -2.89. The molecule has 6 nitrogen and oxygen atoms in total. The fraction of sp³-hybridized carbons (Fsp3) is 0.414. The average molecular weight is 598 g/mol. The minimum Gasteiger partial charge on any atom is -0.485 e. The molecule has 3 aromatic rings. The number of aryl methyl sites for hydroxylation is 2. The Bertz CT molecular complexity index is 1420. The van der Waals surface area contributed by atoms with Crippen LogP contribution in [0, 0.1) is 13.8 Å². The molecule has 40 heavy (non-hydrogen) atoms. The molecule has 0 fully saturated rings. The van der Waals surface area contributed by atoms with Crippen molar-refractivity contribution >= 4 is 27.4 Å². The highest BCUT2D eigenvalue weighted by atomic mass is 32.2. The van der Waals surface area contributed by atoms with Gasteiger partial charge in [0.15, 0.2) is 0 Å². The van der Waals surface area contributed by atoms with E-state index in [4.69, 9.17) is 9.29 Å². The number of benzene rings is 2. The van der Waals surface area contributed by atoms with Gasteiger partial charge >= 0.3 is 6.18 Å². The van der Waals surface area contributed by atoms with Crippen LogP contribution in [-0.2, 0) is 15.5 Å². The fourth-order valence-electron chi connectivity index (χ4n) is 4.33. The number of ether oxygens (including phenoxy) is 1. The molecule has 1 aromatic heterocycles. The van der Waals surface area contributed by atoms with Crippen LogP contribution in [-0.4, -0.2) is 37.4 Å². The van der Waals surface area contributed by atoms with Crippen LogP contribution >= 0.6 is 11.3 Å². The molecular weight excluding hydrogens is 563 g/mol. The molecule has 2 aromatic carbocycles. The lowest BCUT2D eigenvalue weighted by atomic mass is 9.85. The predicted octanol–water partition coefficient (Wildman–Crippen LogP) is 7.41. The molecule has 0 bridgehead atoms. The second-order valence-corrected chi connectivity index (χ2v) is 13.5. The van der Waals surface area contributed by atoms with Gasteiger partial charge in [0.2, 0.25) is 0 Å². The SMILES string of the molecule is Cc1cc(OC(CCC(F)(F)F)c2ccc(C(=O)NCCS(=O)(=O)O)s2)cc(C)c1-c1ccc(C(C)(C)C)cc1. The van der Waals surface area contributed by atoms with Gasteiger partial charge in [-0.3, -0.25) is 9.35 Å². The van der Waals surface area contributed by atoms with Crippen molar-refractivity contribution in [1.29, 1.82) is 0 Å². The molecule has 218 valence electrons. The van der Waals surface area contributed by atoms with E-state index in [9.17, 15) is 26.4 Å². The molecule has 11 heteroatoms. The lowest BCUT2D eigenvalue weighted by Crippen LogP contribution is -2.28. The Balaban J connectivity index is 1.84. The first kappa shape index (κ1) is 31.6. The first-order valence-corrected chi connectivity index (χ1v) is 15.1. The lowest BCUT2D eigenvalue weighted by Gasteiger charge is -2.22. The first-order valence-electron chi connectivity index (χ1n) is 12.7. The van der Waals surface area contributed by atoms with Gasteiger partial charge in [0, 0.05) is 17.8 Å². The summed E-state index contributed by atoms with van der Waals surface area (Å²) in [5.74, 6) is -0.822. The summed E-state index contributed by atoms with van der Waals surface area (Å²) in [6.07, 6.45) is -6.76. The van der Waals surface area contributed by atoms with E-state index in [0.717, 1.165) is 33.6 Å². The number of carbonyl (C=O) groups excluding carboxylic acids is 1. The standard InChI is InChI=1S/C29H34F3NO5S2/c1-18-16-22(17-19(2)26(18)20-6-8-21(9-7-20)28(3,4)5)38-23(12-13-29(30,31)32)24-10-11-25(39-24)27(34)33-14-15-40(35,36)37/h6-11,16-17,23H,12-15H2,1-5H3,(H,33,34)(H,35,36,37). The van der Waals surface area contributed by atoms with Crippen molar-refractivity contribution in [2.24, 2.45) is 0 Å². The number of rotatable bonds is 10. The molecule has 3 rings (SSSR count). The summed E-state index contributed by atoms with van der Waals surface area (Å²) in [7, 11) is -4.24. The van der Waals surface area contributed by atoms with Crippen molar-refractivity contribution < 1.29 is 35.7 Å². The Labute approximate surface area is 237 Å². The van der Waals surface area contributed by atoms with Gasteiger partial charge in [-0.05, 0) is 77.8 Å². The van der Waals surface area contributed by atoms with Crippen molar-refractivity contribution in [3.8, 4) is 16.9 Å². The van der Waals surface area contributed by atoms with Gasteiger partial charge in [-0.25, -0.2) is 0 Å². The summed E-state index contributed by atoms with van der Waals surface area (Å²) in [5.41, 5.74) is 5.12. The molecule has 0 spiro atoms. The average Bonchev–Trinajstić information content (AvgIpc) is 3.30. The van der Waals surface area contributed by atoms with Gasteiger partial charge in [-0.2, -0.15) is 21.6 Å². The molecule has 0 aliphatic rings. The summed E-state index contributed by atoms with van der Waals surface area (Å²) in [5, 5.41) is 2.37. The number of halogens is 3. The number of hydrogen-bond acceptors (Lipinski definition) is 5. The fourth-order valence-corrected chi connectivity index (χ4v) is 5.68. The maximum absolute atomic E-state index is 13.1. The minimum absolute atomic E-state index is 0.0220. The van der Waals surface area contributed by atoms with E-state index in [-0.39, 0.29) is 23.3 Å². The predicted molar refractivity (Wildman–Crippen MR) is 152 cm³/mol. The Morgan fingerprint density at radius 1 is 1.02 bits per heavy atom. The number of alkyl halides is 3. The summed E-state index contributed by atoms with van der Waals surface area (Å²) in [6, 6.07) is 14.9. The van der Waals surface area contributed by atoms with Crippen LogP contribution in [0.5, 0.6) is 5.75 Å². The van der Waals surface area contributed by atoms with Gasteiger partial charge < -0.3 is 10.1 Å². The number of amides is 1. The van der Waals surface area contributed by atoms with Crippen LogP contribution < -0.4 is 10.1 Å². The van der Waals surface area contributed by atoms with Crippen molar-refractivity contribution in [3.05, 3.63) is 75.0 Å². The molecular formula is C29H34F3NO5S2. The van der Waals surface area contributed by atoms with Crippen LogP contribution in [0.1, 0.15) is 71.0 Å². The molecule has 2 N–H and O–H groups in total. The van der Waals surface area contributed by atoms with E-state index in [1.54, 1.807) is 12.1 Å². The highest BCUT2D eigenvalue weighted by Gasteiger charge is 2.30. The molecule has 1 amide bonds. The number of hydrogen-bond donors (Lipinski definition) is 2. The second kappa shape index (κ2) is 12.3. The van der Waals surface area contributed by atoms with Gasteiger partial charge in [0.1, 0.15) is 11.9 Å². The van der Waals surface area contributed by atoms with Crippen molar-refractivity contribution in [2.75, 3.05) is 12.3 Å². The summed E-state index contributed by atoms with van der Waals surface area (Å²) in [4.78, 5) is 13.0. The summed E-state index contributed by atoms with van der Waals surface area (Å²) >= 11 is 0.972. The molecule has 1 heterocycles. The van der Waals surface area contributed by atoms with E-state index < -0.39 is 40.5 Å². The monoisotopic (exact) mass is 597 g/mol. The van der Waals surface area contributed by atoms with Crippen molar-refractivity contribution in [2.45, 2.75) is 65.2 Å². The third-order valence-corrected chi connectivity index (χ3v) is 8.22. The van der Waals surface area contributed by atoms with E-state index in [2.05, 4.69) is 50.4 Å². The summed E-state index contributed by atoms with van der Waals surface area (Å²) < 4.78 is 76.0. The summed E-state index contributed by atoms with van der Waals surface area (Å²) in [6.45, 7) is 9.99. The maximum atomic E-state index is 13.1. The van der Waals surface area contributed by atoms with Crippen LogP contribution in [0.4, 0.5) is 13.2 Å². The Morgan fingerprint density at radius 3 is 2.15 bits per heavy atom. The third-order valence-electron chi connectivity index (χ3n) is 6.33. The van der Waals surface area contributed by atoms with E-state index in [1.807, 2.05) is 13.8 Å². The normalized spacial score (nSPS) is 13.2. The Kier molecular flexibility index (Phi) is 9.74. The molecule has 0 aliphatic carbocycles. The van der Waals surface area contributed by atoms with Gasteiger partial charge in [0.05, 0.1) is 10.6 Å². The zero-order valence-corrected chi connectivity index (χ0v) is 24.7. The van der Waals surface area contributed by atoms with E-state index in [1.165, 1.54) is 17.7 Å². The van der Waals surface area contributed by atoms with Crippen LogP contribution in [0.25, 0.3) is 11.1 Å². The second-order valence-electron chi connectivity index (χ2n) is 10.8. The number of thiophene rings is 1. The highest BCUT2D eigenvalue weighted by Crippen LogP contribution is 2.37. The van der Waals surface area contributed by atoms with Crippen LogP contribution in [0.15, 0.2) is 48.5 Å². The Morgan fingerprint density at radius 2 is 1.62 bits per heavy atom. The maximum Gasteiger partial charge on any atom is 0.389 e. The third kappa shape index (κ3) is 9.07. The first-order chi connectivity index (χ1) is 18.4.